The van der Waals surface area contributed by atoms with Crippen molar-refractivity contribution in [2.24, 2.45) is 0 Å². The van der Waals surface area contributed by atoms with Crippen molar-refractivity contribution in [3.8, 4) is 0 Å². The molecule has 0 saturated carbocycles. The van der Waals surface area contributed by atoms with E-state index in [1.807, 2.05) is 0 Å². The molecule has 0 aromatic rings. The number of nitrogens with zero attached hydrogens (tertiary/aromatic N) is 2. The predicted molar refractivity (Wildman–Crippen MR) is 71.8 cm³/mol. The standard InChI is InChI=1S/C14H15N3O4/c1-16-11-6-8(7-18)2-3-9(11)17(14(16)21)10-4-5-12(19)15-13(10)20/h2-3,7,10-11H,4-6H2,1H3,(H,15,19,20). The molecule has 2 heterocycles. The van der Waals surface area contributed by atoms with Crippen LogP contribution in [0, 0.1) is 0 Å². The molecule has 1 aliphatic carbocycles. The minimum absolute atomic E-state index is 0.220. The Morgan fingerprint density at radius 1 is 1.24 bits per heavy atom. The normalized spacial score (nSPS) is 28.9. The third kappa shape index (κ3) is 2.05. The molecule has 7 heteroatoms. The number of amides is 4. The van der Waals surface area contributed by atoms with E-state index >= 15 is 0 Å². The maximum absolute atomic E-state index is 12.4. The molecule has 0 aromatic carbocycles. The van der Waals surface area contributed by atoms with Gasteiger partial charge in [-0.3, -0.25) is 24.6 Å². The van der Waals surface area contributed by atoms with E-state index in [-0.39, 0.29) is 24.4 Å². The van der Waals surface area contributed by atoms with Gasteiger partial charge >= 0.3 is 6.03 Å². The molecule has 2 saturated heterocycles. The summed E-state index contributed by atoms with van der Waals surface area (Å²) in [5, 5.41) is 2.27. The monoisotopic (exact) mass is 289 g/mol. The molecule has 3 rings (SSSR count). The Kier molecular flexibility index (Phi) is 3.12. The van der Waals surface area contributed by atoms with Crippen molar-refractivity contribution >= 4 is 24.1 Å². The van der Waals surface area contributed by atoms with Gasteiger partial charge in [-0.05, 0) is 18.1 Å². The SMILES string of the molecule is CN1C(=O)N(C2CCC(=O)NC2=O)C2=CC=C(C=O)CC21. The summed E-state index contributed by atoms with van der Waals surface area (Å²) in [6.07, 6.45) is 5.14. The second kappa shape index (κ2) is 4.83. The fraction of sp³-hybridized carbons (Fsp3) is 0.429. The number of carbonyl (C=O) groups is 4. The maximum Gasteiger partial charge on any atom is 0.325 e. The van der Waals surface area contributed by atoms with Gasteiger partial charge in [0.05, 0.1) is 6.04 Å². The average Bonchev–Trinajstić information content (AvgIpc) is 2.71. The smallest absolute Gasteiger partial charge is 0.319 e. The third-order valence-corrected chi connectivity index (χ3v) is 4.17. The van der Waals surface area contributed by atoms with E-state index in [2.05, 4.69) is 5.32 Å². The first-order valence-corrected chi connectivity index (χ1v) is 6.78. The van der Waals surface area contributed by atoms with Crippen LogP contribution in [0.1, 0.15) is 19.3 Å². The fourth-order valence-electron chi connectivity index (χ4n) is 3.02. The van der Waals surface area contributed by atoms with E-state index in [0.717, 1.165) is 6.29 Å². The molecule has 2 unspecified atom stereocenters. The van der Waals surface area contributed by atoms with Crippen LogP contribution in [0.2, 0.25) is 0 Å². The summed E-state index contributed by atoms with van der Waals surface area (Å²) in [7, 11) is 1.65. The molecule has 21 heavy (non-hydrogen) atoms. The number of urea groups is 1. The van der Waals surface area contributed by atoms with Crippen LogP contribution in [-0.2, 0) is 14.4 Å². The summed E-state index contributed by atoms with van der Waals surface area (Å²) in [5.74, 6) is -0.756. The maximum atomic E-state index is 12.4. The highest BCUT2D eigenvalue weighted by Gasteiger charge is 2.47. The van der Waals surface area contributed by atoms with E-state index < -0.39 is 11.9 Å². The number of nitrogens with one attached hydrogen (secondary N) is 1. The molecular formula is C14H15N3O4. The first-order valence-electron chi connectivity index (χ1n) is 6.78. The van der Waals surface area contributed by atoms with Gasteiger partial charge in [0, 0.05) is 25.6 Å². The molecule has 7 nitrogen and oxygen atoms in total. The summed E-state index contributed by atoms with van der Waals surface area (Å²) in [6.45, 7) is 0. The number of piperidine rings is 1. The number of aldehydes is 1. The van der Waals surface area contributed by atoms with E-state index in [1.54, 1.807) is 19.2 Å². The Bertz CT molecular complexity index is 607. The molecule has 110 valence electrons. The highest BCUT2D eigenvalue weighted by Crippen LogP contribution is 2.35. The number of imide groups is 1. The first kappa shape index (κ1) is 13.5. The number of allylic oxidation sites excluding steroid dienone is 2. The zero-order valence-electron chi connectivity index (χ0n) is 11.5. The number of hydrogen-bond acceptors (Lipinski definition) is 4. The lowest BCUT2D eigenvalue weighted by atomic mass is 9.96. The van der Waals surface area contributed by atoms with Crippen molar-refractivity contribution in [1.29, 1.82) is 0 Å². The Balaban J connectivity index is 1.94. The van der Waals surface area contributed by atoms with Crippen molar-refractivity contribution < 1.29 is 19.2 Å². The molecule has 2 aliphatic heterocycles. The van der Waals surface area contributed by atoms with Gasteiger partial charge in [0.2, 0.25) is 11.8 Å². The van der Waals surface area contributed by atoms with Gasteiger partial charge in [-0.1, -0.05) is 6.08 Å². The molecule has 0 bridgehead atoms. The molecule has 0 spiro atoms. The Morgan fingerprint density at radius 2 is 2.00 bits per heavy atom. The number of rotatable bonds is 2. The Hall–Kier alpha value is -2.44. The number of hydrogen-bond donors (Lipinski definition) is 1. The van der Waals surface area contributed by atoms with E-state index in [1.165, 1.54) is 9.80 Å². The first-order chi connectivity index (χ1) is 10.0. The van der Waals surface area contributed by atoms with Gasteiger partial charge < -0.3 is 4.90 Å². The van der Waals surface area contributed by atoms with Crippen molar-refractivity contribution in [3.63, 3.8) is 0 Å². The quantitative estimate of drug-likeness (QED) is 0.570. The molecule has 1 N–H and O–H groups in total. The highest BCUT2D eigenvalue weighted by atomic mass is 16.2. The zero-order chi connectivity index (χ0) is 15.1. The summed E-state index contributed by atoms with van der Waals surface area (Å²) in [5.41, 5.74) is 1.33. The van der Waals surface area contributed by atoms with Gasteiger partial charge in [-0.25, -0.2) is 4.79 Å². The highest BCUT2D eigenvalue weighted by molar-refractivity contribution is 6.02. The van der Waals surface area contributed by atoms with E-state index in [0.29, 0.717) is 24.1 Å². The third-order valence-electron chi connectivity index (χ3n) is 4.17. The lowest BCUT2D eigenvalue weighted by Gasteiger charge is -2.30. The summed E-state index contributed by atoms with van der Waals surface area (Å²) >= 11 is 0. The van der Waals surface area contributed by atoms with Gasteiger partial charge in [0.15, 0.2) is 0 Å². The van der Waals surface area contributed by atoms with Crippen LogP contribution in [0.5, 0.6) is 0 Å². The second-order valence-corrected chi connectivity index (χ2v) is 5.40. The molecular weight excluding hydrogens is 274 g/mol. The van der Waals surface area contributed by atoms with E-state index in [4.69, 9.17) is 0 Å². The van der Waals surface area contributed by atoms with E-state index in [9.17, 15) is 19.2 Å². The number of fused-ring (bicyclic) bond motifs is 1. The van der Waals surface area contributed by atoms with Crippen molar-refractivity contribution in [2.45, 2.75) is 31.3 Å². The minimum atomic E-state index is -0.667. The molecule has 2 atom stereocenters. The minimum Gasteiger partial charge on any atom is -0.319 e. The van der Waals surface area contributed by atoms with Crippen LogP contribution in [0.25, 0.3) is 0 Å². The van der Waals surface area contributed by atoms with Crippen LogP contribution in [0.4, 0.5) is 4.79 Å². The molecule has 4 amide bonds. The van der Waals surface area contributed by atoms with Crippen LogP contribution in [0.15, 0.2) is 23.4 Å². The van der Waals surface area contributed by atoms with Gasteiger partial charge in [-0.2, -0.15) is 0 Å². The fourth-order valence-corrected chi connectivity index (χ4v) is 3.02. The number of likely N-dealkylation sites (N-methyl/N-ethyl adjacent to an activating group) is 1. The van der Waals surface area contributed by atoms with Crippen molar-refractivity contribution in [1.82, 2.24) is 15.1 Å². The summed E-state index contributed by atoms with van der Waals surface area (Å²) < 4.78 is 0. The average molecular weight is 289 g/mol. The van der Waals surface area contributed by atoms with Crippen LogP contribution in [-0.4, -0.2) is 53.1 Å². The molecule has 0 aromatic heterocycles. The molecule has 0 radical (unpaired) electrons. The molecule has 2 fully saturated rings. The van der Waals surface area contributed by atoms with Crippen molar-refractivity contribution in [2.75, 3.05) is 7.05 Å². The number of carbonyl (C=O) groups excluding carboxylic acids is 4. The molecule has 3 aliphatic rings. The van der Waals surface area contributed by atoms with Crippen LogP contribution < -0.4 is 5.32 Å². The van der Waals surface area contributed by atoms with Crippen molar-refractivity contribution in [3.05, 3.63) is 23.4 Å². The van der Waals surface area contributed by atoms with Gasteiger partial charge in [-0.15, -0.1) is 0 Å². The van der Waals surface area contributed by atoms with Crippen LogP contribution in [0.3, 0.4) is 0 Å². The Morgan fingerprint density at radius 3 is 2.67 bits per heavy atom. The Labute approximate surface area is 121 Å². The summed E-state index contributed by atoms with van der Waals surface area (Å²) in [6, 6.07) is -1.17. The zero-order valence-corrected chi connectivity index (χ0v) is 11.5. The topological polar surface area (TPSA) is 86.8 Å². The predicted octanol–water partition coefficient (Wildman–Crippen LogP) is -0.0595. The van der Waals surface area contributed by atoms with Gasteiger partial charge in [0.1, 0.15) is 12.3 Å². The van der Waals surface area contributed by atoms with Gasteiger partial charge in [0.25, 0.3) is 0 Å². The second-order valence-electron chi connectivity index (χ2n) is 5.40. The lowest BCUT2D eigenvalue weighted by Crippen LogP contribution is -2.52. The largest absolute Gasteiger partial charge is 0.325 e. The van der Waals surface area contributed by atoms with Crippen LogP contribution >= 0.6 is 0 Å². The lowest BCUT2D eigenvalue weighted by molar-refractivity contribution is -0.136. The summed E-state index contributed by atoms with van der Waals surface area (Å²) in [4.78, 5) is 49.5.